The molecule has 0 saturated heterocycles. The Kier molecular flexibility index (Phi) is 4.73. The molecule has 0 spiro atoms. The van der Waals surface area contributed by atoms with Gasteiger partial charge in [0.15, 0.2) is 0 Å². The van der Waals surface area contributed by atoms with Crippen molar-refractivity contribution in [3.63, 3.8) is 0 Å². The molecule has 2 atom stereocenters. The summed E-state index contributed by atoms with van der Waals surface area (Å²) >= 11 is 0. The fraction of sp³-hybridized carbons (Fsp3) is 0.591. The second-order valence-electron chi connectivity index (χ2n) is 9.22. The van der Waals surface area contributed by atoms with E-state index in [4.69, 9.17) is 9.84 Å². The van der Waals surface area contributed by atoms with Crippen LogP contribution in [0.15, 0.2) is 24.3 Å². The molecule has 1 N–H and O–H groups in total. The Labute approximate surface area is 165 Å². The number of anilines is 2. The Bertz CT molecular complexity index is 869. The molecule has 2 aliphatic rings. The minimum absolute atomic E-state index is 0.158. The maximum atomic E-state index is 13.7. The Balaban J connectivity index is 1.61. The van der Waals surface area contributed by atoms with Crippen LogP contribution in [0.1, 0.15) is 62.8 Å². The molecular formula is C22H29F2N3O. The number of aromatic nitrogens is 2. The summed E-state index contributed by atoms with van der Waals surface area (Å²) in [5, 5.41) is 8.33. The molecule has 28 heavy (non-hydrogen) atoms. The van der Waals surface area contributed by atoms with Crippen molar-refractivity contribution in [3.8, 4) is 0 Å². The number of benzene rings is 1. The van der Waals surface area contributed by atoms with E-state index >= 15 is 0 Å². The average molecular weight is 389 g/mol. The summed E-state index contributed by atoms with van der Waals surface area (Å²) in [4.78, 5) is 0. The van der Waals surface area contributed by atoms with Crippen molar-refractivity contribution >= 4 is 11.5 Å². The normalized spacial score (nSPS) is 23.8. The molecule has 0 radical (unpaired) electrons. The third-order valence-corrected chi connectivity index (χ3v) is 5.88. The molecule has 152 valence electrons. The van der Waals surface area contributed by atoms with E-state index in [0.717, 1.165) is 47.6 Å². The van der Waals surface area contributed by atoms with E-state index in [1.165, 1.54) is 0 Å². The zero-order valence-corrected chi connectivity index (χ0v) is 17.1. The molecule has 2 unspecified atom stereocenters. The van der Waals surface area contributed by atoms with Gasteiger partial charge in [-0.2, -0.15) is 5.10 Å². The van der Waals surface area contributed by atoms with Crippen LogP contribution in [0.2, 0.25) is 0 Å². The number of ether oxygens (including phenoxy) is 1. The molecule has 2 aliphatic carbocycles. The predicted octanol–water partition coefficient (Wildman–Crippen LogP) is 5.40. The van der Waals surface area contributed by atoms with Crippen LogP contribution in [0, 0.1) is 0 Å². The molecule has 2 aromatic rings. The van der Waals surface area contributed by atoms with Gasteiger partial charge in [-0.15, -0.1) is 0 Å². The van der Waals surface area contributed by atoms with E-state index in [-0.39, 0.29) is 18.4 Å². The minimum Gasteiger partial charge on any atom is -0.381 e. The highest BCUT2D eigenvalue weighted by atomic mass is 19.3. The Morgan fingerprint density at radius 3 is 2.57 bits per heavy atom. The molecule has 0 aliphatic heterocycles. The van der Waals surface area contributed by atoms with Crippen LogP contribution >= 0.6 is 0 Å². The summed E-state index contributed by atoms with van der Waals surface area (Å²) in [5.74, 6) is -1.33. The van der Waals surface area contributed by atoms with Crippen LogP contribution in [0.25, 0.3) is 0 Å². The van der Waals surface area contributed by atoms with E-state index in [9.17, 15) is 8.78 Å². The average Bonchev–Trinajstić information content (AvgIpc) is 3.28. The monoisotopic (exact) mass is 389 g/mol. The van der Waals surface area contributed by atoms with Gasteiger partial charge in [0.25, 0.3) is 5.92 Å². The Morgan fingerprint density at radius 2 is 1.89 bits per heavy atom. The van der Waals surface area contributed by atoms with E-state index < -0.39 is 5.92 Å². The highest BCUT2D eigenvalue weighted by molar-refractivity contribution is 5.60. The summed E-state index contributed by atoms with van der Waals surface area (Å²) in [6.45, 7) is 6.35. The fourth-order valence-electron chi connectivity index (χ4n) is 4.43. The maximum absolute atomic E-state index is 13.7. The molecule has 1 heterocycles. The van der Waals surface area contributed by atoms with Gasteiger partial charge in [0.1, 0.15) is 5.82 Å². The van der Waals surface area contributed by atoms with Gasteiger partial charge < -0.3 is 10.1 Å². The van der Waals surface area contributed by atoms with Crippen LogP contribution in [-0.4, -0.2) is 28.9 Å². The van der Waals surface area contributed by atoms with Crippen molar-refractivity contribution in [2.75, 3.05) is 12.4 Å². The van der Waals surface area contributed by atoms with Crippen LogP contribution in [0.5, 0.6) is 0 Å². The van der Waals surface area contributed by atoms with Gasteiger partial charge in [0.05, 0.1) is 17.3 Å². The number of nitrogens with zero attached hydrogens (tertiary/aromatic N) is 2. The summed E-state index contributed by atoms with van der Waals surface area (Å²) in [6, 6.07) is 7.66. The van der Waals surface area contributed by atoms with Crippen molar-refractivity contribution in [1.82, 2.24) is 9.78 Å². The van der Waals surface area contributed by atoms with Gasteiger partial charge in [-0.05, 0) is 63.3 Å². The van der Waals surface area contributed by atoms with Crippen LogP contribution in [0.3, 0.4) is 0 Å². The largest absolute Gasteiger partial charge is 0.381 e. The highest BCUT2D eigenvalue weighted by Gasteiger charge is 2.37. The lowest BCUT2D eigenvalue weighted by molar-refractivity contribution is 0.0130. The van der Waals surface area contributed by atoms with Crippen molar-refractivity contribution in [2.24, 2.45) is 0 Å². The number of alkyl halides is 2. The van der Waals surface area contributed by atoms with Crippen LogP contribution in [0.4, 0.5) is 20.3 Å². The second kappa shape index (κ2) is 6.83. The molecule has 1 saturated carbocycles. The van der Waals surface area contributed by atoms with Gasteiger partial charge in [-0.1, -0.05) is 6.07 Å². The lowest BCUT2D eigenvalue weighted by Crippen LogP contribution is -2.24. The fourth-order valence-corrected chi connectivity index (χ4v) is 4.43. The molecule has 6 heteroatoms. The topological polar surface area (TPSA) is 39.1 Å². The van der Waals surface area contributed by atoms with E-state index in [2.05, 4.69) is 32.2 Å². The molecule has 4 nitrogen and oxygen atoms in total. The molecular weight excluding hydrogens is 360 g/mol. The maximum Gasteiger partial charge on any atom is 0.256 e. The zero-order chi connectivity index (χ0) is 20.1. The smallest absolute Gasteiger partial charge is 0.256 e. The van der Waals surface area contributed by atoms with E-state index in [0.29, 0.717) is 12.0 Å². The van der Waals surface area contributed by atoms with Gasteiger partial charge >= 0.3 is 0 Å². The number of fused-ring (bicyclic) bond motifs is 1. The zero-order valence-electron chi connectivity index (χ0n) is 17.1. The molecule has 0 amide bonds. The first-order valence-electron chi connectivity index (χ1n) is 10.0. The summed E-state index contributed by atoms with van der Waals surface area (Å²) in [5.41, 5.74) is 3.19. The number of methoxy groups -OCH3 is 1. The van der Waals surface area contributed by atoms with Crippen LogP contribution in [-0.2, 0) is 23.1 Å². The minimum atomic E-state index is -2.62. The highest BCUT2D eigenvalue weighted by Crippen LogP contribution is 2.39. The number of halogens is 2. The lowest BCUT2D eigenvalue weighted by atomic mass is 10.0. The number of nitrogens with one attached hydrogen (secondary N) is 1. The Hall–Kier alpha value is -1.95. The van der Waals surface area contributed by atoms with Crippen molar-refractivity contribution in [3.05, 3.63) is 41.1 Å². The number of rotatable bonds is 4. The lowest BCUT2D eigenvalue weighted by Gasteiger charge is -2.23. The summed E-state index contributed by atoms with van der Waals surface area (Å²) in [7, 11) is 1.77. The number of hydrogen-bond acceptors (Lipinski definition) is 3. The van der Waals surface area contributed by atoms with Crippen LogP contribution < -0.4 is 5.32 Å². The number of hydrogen-bond donors (Lipinski definition) is 1. The van der Waals surface area contributed by atoms with Gasteiger partial charge in [-0.3, -0.25) is 0 Å². The van der Waals surface area contributed by atoms with E-state index in [1.807, 2.05) is 22.9 Å². The second-order valence-corrected chi connectivity index (χ2v) is 9.22. The first kappa shape index (κ1) is 19.4. The van der Waals surface area contributed by atoms with Gasteiger partial charge in [-0.25, -0.2) is 13.5 Å². The predicted molar refractivity (Wildman–Crippen MR) is 107 cm³/mol. The van der Waals surface area contributed by atoms with E-state index in [1.54, 1.807) is 7.11 Å². The molecule has 4 rings (SSSR count). The molecule has 1 fully saturated rings. The third kappa shape index (κ3) is 3.79. The summed E-state index contributed by atoms with van der Waals surface area (Å²) in [6.07, 6.45) is 3.10. The van der Waals surface area contributed by atoms with Gasteiger partial charge in [0.2, 0.25) is 0 Å². The quantitative estimate of drug-likeness (QED) is 0.761. The van der Waals surface area contributed by atoms with Crippen molar-refractivity contribution in [1.29, 1.82) is 0 Å². The SMILES string of the molecule is COC1CCC(c2cc(Nc3ccc4c(c3)CC(F)(F)C4)n(C(C)(C)C)n2)C1. The third-order valence-electron chi connectivity index (χ3n) is 5.88. The van der Waals surface area contributed by atoms with Crippen molar-refractivity contribution < 1.29 is 13.5 Å². The van der Waals surface area contributed by atoms with Gasteiger partial charge in [0, 0.05) is 37.6 Å². The van der Waals surface area contributed by atoms with Crippen molar-refractivity contribution in [2.45, 2.75) is 76.4 Å². The summed E-state index contributed by atoms with van der Waals surface area (Å²) < 4.78 is 34.9. The molecule has 1 aromatic carbocycles. The Morgan fingerprint density at radius 1 is 1.14 bits per heavy atom. The first-order chi connectivity index (χ1) is 13.1. The first-order valence-corrected chi connectivity index (χ1v) is 10.0. The molecule has 1 aromatic heterocycles. The standard InChI is InChI=1S/C22H29F2N3O/c1-21(2,3)27-20(11-19(26-27)14-6-8-18(10-14)28-4)25-17-7-5-15-12-22(23,24)13-16(15)9-17/h5,7,9,11,14,18,25H,6,8,10,12-13H2,1-4H3. The molecule has 0 bridgehead atoms.